The first-order valence-electron chi connectivity index (χ1n) is 8.99. The van der Waals surface area contributed by atoms with Gasteiger partial charge in [0, 0.05) is 0 Å². The molecule has 0 saturated carbocycles. The van der Waals surface area contributed by atoms with E-state index in [1.165, 1.54) is 44.9 Å². The van der Waals surface area contributed by atoms with Gasteiger partial charge in [0.05, 0.1) is 0 Å². The van der Waals surface area contributed by atoms with Crippen LogP contribution in [0.5, 0.6) is 0 Å². The average molecular weight is 403 g/mol. The zero-order chi connectivity index (χ0) is 16.0. The summed E-state index contributed by atoms with van der Waals surface area (Å²) in [4.78, 5) is 11.9. The zero-order valence-corrected chi connectivity index (χ0v) is 17.4. The van der Waals surface area contributed by atoms with Crippen molar-refractivity contribution in [3.63, 3.8) is 0 Å². The van der Waals surface area contributed by atoms with Crippen LogP contribution >= 0.6 is 0 Å². The predicted molar refractivity (Wildman–Crippen MR) is 94.8 cm³/mol. The van der Waals surface area contributed by atoms with Gasteiger partial charge in [-0.1, -0.05) is 6.92 Å². The average Bonchev–Trinajstić information content (AvgIpc) is 2.51. The molecule has 0 amide bonds. The maximum atomic E-state index is 11.9. The first kappa shape index (κ1) is 21.0. The Morgan fingerprint density at radius 2 is 1.38 bits per heavy atom. The van der Waals surface area contributed by atoms with Crippen molar-refractivity contribution in [2.24, 2.45) is 0 Å². The fraction of sp³-hybridized carbons (Fsp3) is 0.833. The summed E-state index contributed by atoms with van der Waals surface area (Å²) in [5, 5.41) is 0. The molecular formula is C18H36O2Sn. The molecule has 0 aliphatic rings. The molecule has 3 heteroatoms. The van der Waals surface area contributed by atoms with Crippen LogP contribution in [0.2, 0.25) is 8.87 Å². The Morgan fingerprint density at radius 1 is 0.905 bits per heavy atom. The summed E-state index contributed by atoms with van der Waals surface area (Å²) in [7, 11) is 0. The minimum absolute atomic E-state index is 0.0253. The van der Waals surface area contributed by atoms with Crippen molar-refractivity contribution in [3.05, 3.63) is 10.7 Å². The van der Waals surface area contributed by atoms with E-state index in [9.17, 15) is 4.79 Å². The minimum Gasteiger partial charge on any atom is -0.0654 e. The van der Waals surface area contributed by atoms with Gasteiger partial charge in [-0.15, -0.1) is 0 Å². The van der Waals surface area contributed by atoms with Gasteiger partial charge in [-0.3, -0.25) is 0 Å². The van der Waals surface area contributed by atoms with Gasteiger partial charge >= 0.3 is 130 Å². The molecule has 0 spiro atoms. The van der Waals surface area contributed by atoms with Gasteiger partial charge in [0.15, 0.2) is 0 Å². The number of hydrogen-bond donors (Lipinski definition) is 0. The normalized spacial score (nSPS) is 11.4. The van der Waals surface area contributed by atoms with Crippen LogP contribution in [-0.2, 0) is 7.87 Å². The van der Waals surface area contributed by atoms with Crippen molar-refractivity contribution < 1.29 is 7.87 Å². The molecule has 0 fully saturated rings. The van der Waals surface area contributed by atoms with Crippen LogP contribution in [0.4, 0.5) is 0 Å². The van der Waals surface area contributed by atoms with Crippen LogP contribution in [0.1, 0.15) is 85.0 Å². The van der Waals surface area contributed by atoms with Crippen LogP contribution in [0, 0.1) is 0 Å². The van der Waals surface area contributed by atoms with Gasteiger partial charge in [-0.2, -0.15) is 0 Å². The first-order valence-corrected chi connectivity index (χ1v) is 15.8. The molecule has 0 radical (unpaired) electrons. The molecule has 0 aliphatic carbocycles. The van der Waals surface area contributed by atoms with Crippen LogP contribution in [-0.4, -0.2) is 24.8 Å². The predicted octanol–water partition coefficient (Wildman–Crippen LogP) is 6.16. The third-order valence-corrected chi connectivity index (χ3v) is 15.1. The molecule has 0 aromatic carbocycles. The Morgan fingerprint density at radius 3 is 1.81 bits per heavy atom. The molecule has 124 valence electrons. The quantitative estimate of drug-likeness (QED) is 0.257. The summed E-state index contributed by atoms with van der Waals surface area (Å²) < 4.78 is 9.82. The zero-order valence-electron chi connectivity index (χ0n) is 14.6. The van der Waals surface area contributed by atoms with Gasteiger partial charge in [0.2, 0.25) is 0 Å². The molecule has 0 aromatic heterocycles. The van der Waals surface area contributed by atoms with Crippen molar-refractivity contribution in [2.75, 3.05) is 0 Å². The number of carbonyl (C=O) groups excluding carboxylic acids is 1. The molecule has 0 aliphatic heterocycles. The van der Waals surface area contributed by atoms with Crippen molar-refractivity contribution in [2.45, 2.75) is 93.9 Å². The number of hydrogen-bond acceptors (Lipinski definition) is 2. The van der Waals surface area contributed by atoms with Crippen LogP contribution in [0.15, 0.2) is 10.7 Å². The van der Waals surface area contributed by atoms with Gasteiger partial charge in [0.25, 0.3) is 0 Å². The fourth-order valence-corrected chi connectivity index (χ4v) is 8.30. The maximum absolute atomic E-state index is 11.9. The summed E-state index contributed by atoms with van der Waals surface area (Å²) in [6, 6.07) is 0. The van der Waals surface area contributed by atoms with E-state index in [0.717, 1.165) is 21.7 Å². The summed E-state index contributed by atoms with van der Waals surface area (Å²) in [5.74, 6) is 0.0253. The Hall–Kier alpha value is 0.00870. The fourth-order valence-electron chi connectivity index (χ4n) is 2.58. The molecule has 0 N–H and O–H groups in total. The summed E-state index contributed by atoms with van der Waals surface area (Å²) >= 11 is -2.73. The molecular weight excluding hydrogens is 367 g/mol. The van der Waals surface area contributed by atoms with Crippen molar-refractivity contribution in [1.29, 1.82) is 0 Å². The SMILES string of the molecule is C=[CH][Sn]([CH2]C)([CH2]C)[O]C(=O)CCCCCCCCCCC. The Balaban J connectivity index is 3.60. The van der Waals surface area contributed by atoms with Crippen molar-refractivity contribution in [1.82, 2.24) is 0 Å². The van der Waals surface area contributed by atoms with Gasteiger partial charge in [0.1, 0.15) is 0 Å². The smallest absolute Gasteiger partial charge is 0.0654 e. The van der Waals surface area contributed by atoms with Gasteiger partial charge < -0.3 is 0 Å². The van der Waals surface area contributed by atoms with E-state index in [0.29, 0.717) is 6.42 Å². The summed E-state index contributed by atoms with van der Waals surface area (Å²) in [5.41, 5.74) is 0. The molecule has 0 atom stereocenters. The van der Waals surface area contributed by atoms with E-state index in [1.807, 2.05) is 4.09 Å². The molecule has 0 aromatic rings. The number of unbranched alkanes of at least 4 members (excludes halogenated alkanes) is 8. The standard InChI is InChI=1S/C12H24O2.2C2H5.C2H3.Sn/c1-2-3-4-5-6-7-8-9-10-11-12(13)14;3*1-2;/h2-11H2,1H3,(H,13,14);2*1H2,2H3;1H,2H2;/q;;;;+1/p-1. The van der Waals surface area contributed by atoms with Crippen molar-refractivity contribution >= 4 is 24.8 Å². The molecule has 0 heterocycles. The number of carbonyl (C=O) groups is 1. The second-order valence-electron chi connectivity index (χ2n) is 6.03. The third-order valence-electron chi connectivity index (χ3n) is 4.37. The van der Waals surface area contributed by atoms with Crippen LogP contribution in [0.3, 0.4) is 0 Å². The van der Waals surface area contributed by atoms with Gasteiger partial charge in [-0.05, 0) is 0 Å². The van der Waals surface area contributed by atoms with Crippen LogP contribution < -0.4 is 0 Å². The van der Waals surface area contributed by atoms with E-state index in [1.54, 1.807) is 0 Å². The van der Waals surface area contributed by atoms with Gasteiger partial charge in [-0.25, -0.2) is 0 Å². The molecule has 0 rings (SSSR count). The van der Waals surface area contributed by atoms with E-state index >= 15 is 0 Å². The topological polar surface area (TPSA) is 26.3 Å². The molecule has 2 nitrogen and oxygen atoms in total. The molecule has 0 bridgehead atoms. The van der Waals surface area contributed by atoms with E-state index < -0.39 is 18.8 Å². The Labute approximate surface area is 137 Å². The van der Waals surface area contributed by atoms with E-state index in [4.69, 9.17) is 3.07 Å². The Bertz CT molecular complexity index is 272. The molecule has 0 saturated heterocycles. The minimum atomic E-state index is -2.73. The second kappa shape index (κ2) is 13.7. The molecule has 21 heavy (non-hydrogen) atoms. The third kappa shape index (κ3) is 10.4. The van der Waals surface area contributed by atoms with Crippen LogP contribution in [0.25, 0.3) is 0 Å². The Kier molecular flexibility index (Phi) is 13.7. The van der Waals surface area contributed by atoms with E-state index in [2.05, 4.69) is 27.4 Å². The second-order valence-corrected chi connectivity index (χ2v) is 17.9. The monoisotopic (exact) mass is 404 g/mol. The first-order chi connectivity index (χ1) is 10.1. The molecule has 0 unspecified atom stereocenters. The summed E-state index contributed by atoms with van der Waals surface area (Å²) in [6.45, 7) is 10.4. The summed E-state index contributed by atoms with van der Waals surface area (Å²) in [6.07, 6.45) is 12.1. The van der Waals surface area contributed by atoms with Crippen molar-refractivity contribution in [3.8, 4) is 0 Å². The number of rotatable bonds is 14. The van der Waals surface area contributed by atoms with E-state index in [-0.39, 0.29) is 5.97 Å².